The summed E-state index contributed by atoms with van der Waals surface area (Å²) in [6.07, 6.45) is 0. The Hall–Kier alpha value is -4.57. The highest BCUT2D eigenvalue weighted by Crippen LogP contribution is 2.32. The van der Waals surface area contributed by atoms with E-state index in [2.05, 4.69) is 20.4 Å². The first-order valence-electron chi connectivity index (χ1n) is 12.5. The van der Waals surface area contributed by atoms with Crippen LogP contribution in [-0.4, -0.2) is 31.9 Å². The van der Waals surface area contributed by atoms with Crippen molar-refractivity contribution in [3.63, 3.8) is 0 Å². The number of nitrogen functional groups attached to an aromatic ring is 2. The van der Waals surface area contributed by atoms with Crippen LogP contribution in [0.1, 0.15) is 25.0 Å². The quantitative estimate of drug-likeness (QED) is 0.234. The Labute approximate surface area is 224 Å². The molecule has 0 aliphatic heterocycles. The summed E-state index contributed by atoms with van der Waals surface area (Å²) < 4.78 is 36.7. The average Bonchev–Trinajstić information content (AvgIpc) is 3.28. The number of hydrogen-bond acceptors (Lipinski definition) is 7. The van der Waals surface area contributed by atoms with E-state index in [1.165, 1.54) is 16.8 Å². The third kappa shape index (κ3) is 5.65. The minimum Gasteiger partial charge on any atom is -0.382 e. The van der Waals surface area contributed by atoms with Crippen LogP contribution in [0.25, 0.3) is 22.4 Å². The summed E-state index contributed by atoms with van der Waals surface area (Å²) in [7, 11) is 0. The van der Waals surface area contributed by atoms with E-state index in [1.807, 2.05) is 44.2 Å². The van der Waals surface area contributed by atoms with Crippen LogP contribution in [0.3, 0.4) is 0 Å². The number of benzene rings is 3. The molecule has 2 aromatic heterocycles. The standard InChI is InChI=1S/C29H29F2N7O/c1-29(2,39-16-18-9-4-3-5-10-18)17-34-24-26(32)35-28(36-27(24)33)23-20-12-8-14-22(31)25(20)38(37-23)15-19-11-6-7-13-21(19)30/h3-14,34H,15-17H2,1-2H3,(H4,32,33,35,36). The monoisotopic (exact) mass is 529 g/mol. The zero-order valence-corrected chi connectivity index (χ0v) is 21.7. The van der Waals surface area contributed by atoms with Crippen molar-refractivity contribution in [2.75, 3.05) is 23.3 Å². The van der Waals surface area contributed by atoms with Gasteiger partial charge in [-0.15, -0.1) is 0 Å². The van der Waals surface area contributed by atoms with Crippen LogP contribution in [0.4, 0.5) is 26.1 Å². The molecule has 0 unspecified atom stereocenters. The van der Waals surface area contributed by atoms with Gasteiger partial charge >= 0.3 is 0 Å². The first kappa shape index (κ1) is 26.1. The van der Waals surface area contributed by atoms with Crippen LogP contribution < -0.4 is 16.8 Å². The van der Waals surface area contributed by atoms with E-state index in [4.69, 9.17) is 16.2 Å². The summed E-state index contributed by atoms with van der Waals surface area (Å²) in [6.45, 7) is 4.77. The van der Waals surface area contributed by atoms with Gasteiger partial charge in [-0.25, -0.2) is 18.7 Å². The molecular weight excluding hydrogens is 500 g/mol. The number of halogens is 2. The first-order valence-corrected chi connectivity index (χ1v) is 12.5. The average molecular weight is 530 g/mol. The maximum absolute atomic E-state index is 14.9. The molecule has 5 N–H and O–H groups in total. The van der Waals surface area contributed by atoms with Crippen LogP contribution in [0.2, 0.25) is 0 Å². The molecule has 5 aromatic rings. The zero-order chi connectivity index (χ0) is 27.6. The number of aromatic nitrogens is 4. The number of ether oxygens (including phenoxy) is 1. The van der Waals surface area contributed by atoms with Gasteiger partial charge in [0, 0.05) is 17.5 Å². The van der Waals surface area contributed by atoms with Gasteiger partial charge in [0.05, 0.1) is 18.8 Å². The Morgan fingerprint density at radius 2 is 1.54 bits per heavy atom. The highest BCUT2D eigenvalue weighted by molar-refractivity contribution is 5.93. The molecule has 0 fully saturated rings. The largest absolute Gasteiger partial charge is 0.382 e. The fourth-order valence-corrected chi connectivity index (χ4v) is 4.25. The van der Waals surface area contributed by atoms with E-state index in [9.17, 15) is 8.78 Å². The van der Waals surface area contributed by atoms with E-state index in [-0.39, 0.29) is 35.2 Å². The number of nitrogens with one attached hydrogen (secondary N) is 1. The predicted octanol–water partition coefficient (Wildman–Crippen LogP) is 5.39. The van der Waals surface area contributed by atoms with Gasteiger partial charge in [-0.2, -0.15) is 5.10 Å². The summed E-state index contributed by atoms with van der Waals surface area (Å²) in [6, 6.07) is 20.8. The maximum atomic E-state index is 14.9. The van der Waals surface area contributed by atoms with E-state index in [0.717, 1.165) is 5.56 Å². The summed E-state index contributed by atoms with van der Waals surface area (Å²) >= 11 is 0. The van der Waals surface area contributed by atoms with E-state index in [1.54, 1.807) is 30.3 Å². The van der Waals surface area contributed by atoms with Gasteiger partial charge in [-0.05, 0) is 31.5 Å². The molecule has 5 rings (SSSR count). The lowest BCUT2D eigenvalue weighted by atomic mass is 10.1. The maximum Gasteiger partial charge on any atom is 0.184 e. The number of nitrogens with zero attached hydrogens (tertiary/aromatic N) is 4. The second kappa shape index (κ2) is 10.7. The van der Waals surface area contributed by atoms with Crippen LogP contribution in [0.5, 0.6) is 0 Å². The molecule has 2 heterocycles. The van der Waals surface area contributed by atoms with Gasteiger partial charge in [0.1, 0.15) is 28.5 Å². The number of fused-ring (bicyclic) bond motifs is 1. The molecule has 8 nitrogen and oxygen atoms in total. The van der Waals surface area contributed by atoms with E-state index < -0.39 is 17.2 Å². The van der Waals surface area contributed by atoms with Gasteiger partial charge in [0.25, 0.3) is 0 Å². The first-order chi connectivity index (χ1) is 18.7. The van der Waals surface area contributed by atoms with Gasteiger partial charge in [0.15, 0.2) is 17.5 Å². The van der Waals surface area contributed by atoms with Crippen molar-refractivity contribution in [3.05, 3.63) is 95.6 Å². The number of para-hydroxylation sites is 1. The molecule has 200 valence electrons. The SMILES string of the molecule is CC(C)(CNc1c(N)nc(-c2nn(Cc3ccccc3F)c3c(F)cccc23)nc1N)OCc1ccccc1. The van der Waals surface area contributed by atoms with Crippen molar-refractivity contribution in [1.82, 2.24) is 19.7 Å². The summed E-state index contributed by atoms with van der Waals surface area (Å²) in [5.74, 6) is -0.540. The smallest absolute Gasteiger partial charge is 0.184 e. The fourth-order valence-electron chi connectivity index (χ4n) is 4.25. The van der Waals surface area contributed by atoms with Crippen LogP contribution in [0, 0.1) is 11.6 Å². The topological polar surface area (TPSA) is 117 Å². The van der Waals surface area contributed by atoms with Gasteiger partial charge in [-0.3, -0.25) is 4.68 Å². The highest BCUT2D eigenvalue weighted by Gasteiger charge is 2.23. The minimum atomic E-state index is -0.549. The Balaban J connectivity index is 1.41. The molecule has 0 saturated carbocycles. The van der Waals surface area contributed by atoms with Crippen molar-refractivity contribution in [2.24, 2.45) is 0 Å². The predicted molar refractivity (Wildman–Crippen MR) is 149 cm³/mol. The number of rotatable bonds is 9. The van der Waals surface area contributed by atoms with Crippen LogP contribution in [-0.2, 0) is 17.9 Å². The van der Waals surface area contributed by atoms with Gasteiger partial charge in [0.2, 0.25) is 0 Å². The van der Waals surface area contributed by atoms with Crippen molar-refractivity contribution in [3.8, 4) is 11.5 Å². The van der Waals surface area contributed by atoms with Crippen LogP contribution in [0.15, 0.2) is 72.8 Å². The van der Waals surface area contributed by atoms with Crippen molar-refractivity contribution in [2.45, 2.75) is 32.6 Å². The summed E-state index contributed by atoms with van der Waals surface area (Å²) in [5.41, 5.74) is 14.3. The molecule has 39 heavy (non-hydrogen) atoms. The lowest BCUT2D eigenvalue weighted by molar-refractivity contribution is -0.0192. The van der Waals surface area contributed by atoms with E-state index in [0.29, 0.717) is 29.8 Å². The minimum absolute atomic E-state index is 0.0206. The summed E-state index contributed by atoms with van der Waals surface area (Å²) in [4.78, 5) is 8.85. The molecule has 0 bridgehead atoms. The lowest BCUT2D eigenvalue weighted by Gasteiger charge is -2.26. The molecular formula is C29H29F2N7O. The molecule has 0 aliphatic carbocycles. The molecule has 0 spiro atoms. The Bertz CT molecular complexity index is 1600. The number of nitrogens with two attached hydrogens (primary N) is 2. The number of anilines is 3. The summed E-state index contributed by atoms with van der Waals surface area (Å²) in [5, 5.41) is 8.20. The zero-order valence-electron chi connectivity index (χ0n) is 21.7. The molecule has 10 heteroatoms. The van der Waals surface area contributed by atoms with Gasteiger partial charge < -0.3 is 21.5 Å². The second-order valence-electron chi connectivity index (χ2n) is 9.81. The fraction of sp³-hybridized carbons (Fsp3) is 0.207. The molecule has 3 aromatic carbocycles. The van der Waals surface area contributed by atoms with Gasteiger partial charge in [-0.1, -0.05) is 60.7 Å². The van der Waals surface area contributed by atoms with Crippen LogP contribution >= 0.6 is 0 Å². The molecule has 0 amide bonds. The third-order valence-electron chi connectivity index (χ3n) is 6.34. The van der Waals surface area contributed by atoms with Crippen molar-refractivity contribution >= 4 is 28.2 Å². The number of hydrogen-bond donors (Lipinski definition) is 3. The Morgan fingerprint density at radius 3 is 2.26 bits per heavy atom. The van der Waals surface area contributed by atoms with E-state index >= 15 is 0 Å². The Kier molecular flexibility index (Phi) is 7.12. The molecule has 0 atom stereocenters. The molecule has 0 saturated heterocycles. The molecule has 0 aliphatic rings. The highest BCUT2D eigenvalue weighted by atomic mass is 19.1. The van der Waals surface area contributed by atoms with Crippen molar-refractivity contribution < 1.29 is 13.5 Å². The third-order valence-corrected chi connectivity index (χ3v) is 6.34. The second-order valence-corrected chi connectivity index (χ2v) is 9.81. The lowest BCUT2D eigenvalue weighted by Crippen LogP contribution is -2.33. The normalized spacial score (nSPS) is 11.7. The van der Waals surface area contributed by atoms with Crippen molar-refractivity contribution in [1.29, 1.82) is 0 Å². The Morgan fingerprint density at radius 1 is 0.872 bits per heavy atom. The molecule has 0 radical (unpaired) electrons.